The predicted molar refractivity (Wildman–Crippen MR) is 65.8 cm³/mol. The van der Waals surface area contributed by atoms with Crippen molar-refractivity contribution >= 4 is 21.9 Å². The van der Waals surface area contributed by atoms with E-state index < -0.39 is 16.1 Å². The third kappa shape index (κ3) is 2.43. The lowest BCUT2D eigenvalue weighted by molar-refractivity contribution is 0.249. The third-order valence-electron chi connectivity index (χ3n) is 2.34. The van der Waals surface area contributed by atoms with E-state index in [0.29, 0.717) is 5.56 Å². The van der Waals surface area contributed by atoms with Crippen molar-refractivity contribution in [1.29, 1.82) is 0 Å². The molecule has 0 aliphatic carbocycles. The predicted octanol–water partition coefficient (Wildman–Crippen LogP) is -0.607. The van der Waals surface area contributed by atoms with Gasteiger partial charge in [-0.2, -0.15) is 0 Å². The average molecular weight is 268 g/mol. The molecule has 2 rings (SSSR count). The number of rotatable bonds is 3. The van der Waals surface area contributed by atoms with Gasteiger partial charge in [-0.25, -0.2) is 13.2 Å². The van der Waals surface area contributed by atoms with Crippen molar-refractivity contribution in [3.63, 3.8) is 0 Å². The first-order valence-electron chi connectivity index (χ1n) is 5.21. The Kier molecular flexibility index (Phi) is 3.19. The van der Waals surface area contributed by atoms with Crippen LogP contribution in [0.3, 0.4) is 0 Å². The Balaban J connectivity index is 2.18. The number of nitrogens with zero attached hydrogens (tertiary/aromatic N) is 1. The highest BCUT2D eigenvalue weighted by Crippen LogP contribution is 2.21. The van der Waals surface area contributed by atoms with Crippen LogP contribution in [0.2, 0.25) is 0 Å². The number of fused-ring (bicyclic) bond motifs is 1. The minimum atomic E-state index is -3.50. The Bertz CT molecular complexity index is 609. The Morgan fingerprint density at radius 2 is 2.11 bits per heavy atom. The molecular formula is C10H12N4O3S. The molecule has 0 unspecified atom stereocenters. The molecule has 7 nitrogen and oxygen atoms in total. The summed E-state index contributed by atoms with van der Waals surface area (Å²) in [5.74, 6) is 0.289. The highest BCUT2D eigenvalue weighted by atomic mass is 32.2. The van der Waals surface area contributed by atoms with Gasteiger partial charge in [-0.05, 0) is 12.1 Å². The van der Waals surface area contributed by atoms with Gasteiger partial charge in [0.05, 0.1) is 11.4 Å². The lowest BCUT2D eigenvalue weighted by Crippen LogP contribution is -2.32. The molecule has 8 heteroatoms. The summed E-state index contributed by atoms with van der Waals surface area (Å²) < 4.78 is 25.8. The van der Waals surface area contributed by atoms with Crippen LogP contribution in [0.15, 0.2) is 34.2 Å². The van der Waals surface area contributed by atoms with Crippen molar-refractivity contribution in [3.05, 3.63) is 29.8 Å². The summed E-state index contributed by atoms with van der Waals surface area (Å²) >= 11 is 0. The molecule has 1 aliphatic rings. The topological polar surface area (TPSA) is 114 Å². The maximum Gasteiger partial charge on any atom is 0.312 e. The summed E-state index contributed by atoms with van der Waals surface area (Å²) in [6, 6.07) is 5.94. The molecule has 0 fully saturated rings. The van der Waals surface area contributed by atoms with Gasteiger partial charge >= 0.3 is 6.03 Å². The van der Waals surface area contributed by atoms with E-state index >= 15 is 0 Å². The lowest BCUT2D eigenvalue weighted by atomic mass is 10.2. The Labute approximate surface area is 104 Å². The molecule has 0 saturated carbocycles. The monoisotopic (exact) mass is 268 g/mol. The summed E-state index contributed by atoms with van der Waals surface area (Å²) in [7, 11) is -3.50. The van der Waals surface area contributed by atoms with Crippen LogP contribution in [0.5, 0.6) is 0 Å². The molecule has 4 N–H and O–H groups in total. The van der Waals surface area contributed by atoms with Gasteiger partial charge in [0.1, 0.15) is 5.84 Å². The van der Waals surface area contributed by atoms with E-state index in [0.717, 1.165) is 0 Å². The second-order valence-electron chi connectivity index (χ2n) is 3.62. The fourth-order valence-corrected chi connectivity index (χ4v) is 2.85. The van der Waals surface area contributed by atoms with Gasteiger partial charge in [0.2, 0.25) is 0 Å². The van der Waals surface area contributed by atoms with E-state index in [1.54, 1.807) is 18.2 Å². The molecule has 1 aliphatic heterocycles. The number of primary amides is 1. The Morgan fingerprint density at radius 1 is 1.39 bits per heavy atom. The first-order valence-corrected chi connectivity index (χ1v) is 6.69. The van der Waals surface area contributed by atoms with Crippen LogP contribution < -0.4 is 15.8 Å². The number of carbonyl (C=O) groups excluding carboxylic acids is 1. The van der Waals surface area contributed by atoms with Gasteiger partial charge in [-0.3, -0.25) is 9.71 Å². The number of nitrogens with two attached hydrogens (primary N) is 1. The summed E-state index contributed by atoms with van der Waals surface area (Å²) in [6.07, 6.45) is 0. The number of nitrogens with one attached hydrogen (secondary N) is 2. The fourth-order valence-electron chi connectivity index (χ4n) is 1.60. The van der Waals surface area contributed by atoms with Crippen molar-refractivity contribution < 1.29 is 13.2 Å². The number of carbonyl (C=O) groups is 1. The molecule has 0 radical (unpaired) electrons. The number of sulfonamides is 1. The molecule has 0 atom stereocenters. The highest BCUT2D eigenvalue weighted by Gasteiger charge is 2.29. The second-order valence-corrected chi connectivity index (χ2v) is 5.27. The van der Waals surface area contributed by atoms with E-state index in [1.165, 1.54) is 6.07 Å². The molecule has 1 heterocycles. The highest BCUT2D eigenvalue weighted by molar-refractivity contribution is 7.90. The summed E-state index contributed by atoms with van der Waals surface area (Å²) in [5.41, 5.74) is 5.43. The molecule has 0 aromatic heterocycles. The minimum Gasteiger partial charge on any atom is -0.352 e. The van der Waals surface area contributed by atoms with Gasteiger partial charge in [0, 0.05) is 12.1 Å². The van der Waals surface area contributed by atoms with Gasteiger partial charge in [-0.1, -0.05) is 12.1 Å². The summed E-state index contributed by atoms with van der Waals surface area (Å²) in [4.78, 5) is 14.8. The minimum absolute atomic E-state index is 0.214. The van der Waals surface area contributed by atoms with E-state index in [9.17, 15) is 13.2 Å². The standard InChI is InChI=1S/C10H12N4O3S/c11-10(15)13-6-5-12-9-7-3-1-2-4-8(7)18(16,17)14-9/h1-4H,5-6H2,(H,12,14)(H3,11,13,15). The number of hydrogen-bond acceptors (Lipinski definition) is 4. The molecule has 96 valence electrons. The molecule has 0 bridgehead atoms. The Hall–Kier alpha value is -2.09. The van der Waals surface area contributed by atoms with E-state index in [-0.39, 0.29) is 23.8 Å². The average Bonchev–Trinajstić information content (AvgIpc) is 2.57. The first kappa shape index (κ1) is 12.4. The molecule has 1 aromatic carbocycles. The quantitative estimate of drug-likeness (QED) is 0.635. The van der Waals surface area contributed by atoms with Crippen molar-refractivity contribution in [2.75, 3.05) is 13.1 Å². The fraction of sp³-hybridized carbons (Fsp3) is 0.200. The molecular weight excluding hydrogens is 256 g/mol. The second kappa shape index (κ2) is 4.65. The number of hydrogen-bond donors (Lipinski definition) is 3. The van der Waals surface area contributed by atoms with Crippen LogP contribution in [0.25, 0.3) is 0 Å². The van der Waals surface area contributed by atoms with E-state index in [1.807, 2.05) is 0 Å². The van der Waals surface area contributed by atoms with Crippen LogP contribution in [0, 0.1) is 0 Å². The SMILES string of the molecule is NC(=O)NCCN=C1NS(=O)(=O)c2ccccc21. The molecule has 0 saturated heterocycles. The van der Waals surface area contributed by atoms with Crippen molar-refractivity contribution in [1.82, 2.24) is 10.0 Å². The maximum atomic E-state index is 11.7. The van der Waals surface area contributed by atoms with Gasteiger partial charge in [0.15, 0.2) is 0 Å². The number of aliphatic imine (C=N–C) groups is 1. The van der Waals surface area contributed by atoms with E-state index in [2.05, 4.69) is 15.0 Å². The first-order chi connectivity index (χ1) is 8.50. The number of benzene rings is 1. The summed E-state index contributed by atoms with van der Waals surface area (Å²) in [5, 5.41) is 2.37. The zero-order valence-corrected chi connectivity index (χ0v) is 10.2. The molecule has 1 aromatic rings. The van der Waals surface area contributed by atoms with Gasteiger partial charge < -0.3 is 11.1 Å². The molecule has 0 spiro atoms. The maximum absolute atomic E-state index is 11.7. The van der Waals surface area contributed by atoms with Crippen molar-refractivity contribution in [3.8, 4) is 0 Å². The van der Waals surface area contributed by atoms with Crippen LogP contribution in [0.4, 0.5) is 4.79 Å². The Morgan fingerprint density at radius 3 is 2.83 bits per heavy atom. The molecule has 2 amide bonds. The van der Waals surface area contributed by atoms with Crippen LogP contribution in [-0.2, 0) is 10.0 Å². The zero-order valence-electron chi connectivity index (χ0n) is 9.38. The smallest absolute Gasteiger partial charge is 0.312 e. The lowest BCUT2D eigenvalue weighted by Gasteiger charge is -2.00. The van der Waals surface area contributed by atoms with E-state index in [4.69, 9.17) is 5.73 Å². The number of amides is 2. The van der Waals surface area contributed by atoms with Crippen LogP contribution >= 0.6 is 0 Å². The normalized spacial score (nSPS) is 18.1. The zero-order chi connectivity index (χ0) is 13.2. The largest absolute Gasteiger partial charge is 0.352 e. The van der Waals surface area contributed by atoms with Crippen molar-refractivity contribution in [2.24, 2.45) is 10.7 Å². The van der Waals surface area contributed by atoms with Gasteiger partial charge in [0.25, 0.3) is 10.0 Å². The number of amidine groups is 1. The van der Waals surface area contributed by atoms with Crippen molar-refractivity contribution in [2.45, 2.75) is 4.90 Å². The number of urea groups is 1. The van der Waals surface area contributed by atoms with Gasteiger partial charge in [-0.15, -0.1) is 0 Å². The van der Waals surface area contributed by atoms with Crippen LogP contribution in [0.1, 0.15) is 5.56 Å². The van der Waals surface area contributed by atoms with Crippen LogP contribution in [-0.4, -0.2) is 33.4 Å². The third-order valence-corrected chi connectivity index (χ3v) is 3.74. The molecule has 18 heavy (non-hydrogen) atoms. The summed E-state index contributed by atoms with van der Waals surface area (Å²) in [6.45, 7) is 0.498.